The minimum absolute atomic E-state index is 0.0914. The van der Waals surface area contributed by atoms with Crippen molar-refractivity contribution in [3.05, 3.63) is 102 Å². The number of allylic oxidation sites excluding steroid dienone is 3. The fraction of sp³-hybridized carbons (Fsp3) is 0.459. The molecule has 2 aromatic carbocycles. The van der Waals surface area contributed by atoms with E-state index >= 15 is 0 Å². The molecule has 3 aliphatic rings. The molecule has 2 fully saturated rings. The average molecular weight is 667 g/mol. The van der Waals surface area contributed by atoms with Gasteiger partial charge >= 0.3 is 5.69 Å². The topological polar surface area (TPSA) is 105 Å². The molecule has 2 saturated heterocycles. The van der Waals surface area contributed by atoms with Gasteiger partial charge in [0.05, 0.1) is 24.7 Å². The summed E-state index contributed by atoms with van der Waals surface area (Å²) in [4.78, 5) is 19.4. The SMILES string of the molecule is CCC(C)n1c(C)nn(-c2ccc(N3CCN(c4ccc(OC[C@@H]5CO[C@@](Cn6nccn6)(C6(C)C=CC=CC6)O5)cc4)CC3)cc2)c1=O. The Kier molecular flexibility index (Phi) is 9.17. The largest absolute Gasteiger partial charge is 0.491 e. The van der Waals surface area contributed by atoms with Crippen LogP contribution in [0.4, 0.5) is 11.4 Å². The van der Waals surface area contributed by atoms with Crippen LogP contribution in [0.25, 0.3) is 5.69 Å². The van der Waals surface area contributed by atoms with Gasteiger partial charge in [-0.15, -0.1) is 0 Å². The van der Waals surface area contributed by atoms with Crippen molar-refractivity contribution in [2.75, 3.05) is 49.2 Å². The molecule has 7 rings (SSSR count). The van der Waals surface area contributed by atoms with Crippen LogP contribution in [0.2, 0.25) is 0 Å². The minimum atomic E-state index is -0.898. The van der Waals surface area contributed by atoms with Gasteiger partial charge in [0.2, 0.25) is 0 Å². The fourth-order valence-corrected chi connectivity index (χ4v) is 7.04. The van der Waals surface area contributed by atoms with E-state index < -0.39 is 5.79 Å². The first-order valence-electron chi connectivity index (χ1n) is 17.3. The Morgan fingerprint density at radius 2 is 1.57 bits per heavy atom. The Morgan fingerprint density at radius 1 is 0.939 bits per heavy atom. The van der Waals surface area contributed by atoms with E-state index in [9.17, 15) is 4.79 Å². The summed E-state index contributed by atoms with van der Waals surface area (Å²) >= 11 is 0. The number of hydrogen-bond acceptors (Lipinski definition) is 9. The number of aromatic nitrogens is 6. The monoisotopic (exact) mass is 666 g/mol. The summed E-state index contributed by atoms with van der Waals surface area (Å²) < 4.78 is 22.5. The van der Waals surface area contributed by atoms with E-state index in [2.05, 4.69) is 81.4 Å². The van der Waals surface area contributed by atoms with Crippen LogP contribution in [0, 0.1) is 12.3 Å². The third-order valence-corrected chi connectivity index (χ3v) is 10.2. The van der Waals surface area contributed by atoms with Crippen molar-refractivity contribution in [3.8, 4) is 11.4 Å². The van der Waals surface area contributed by atoms with Crippen LogP contribution < -0.4 is 20.2 Å². The molecule has 0 radical (unpaired) electrons. The lowest BCUT2D eigenvalue weighted by Crippen LogP contribution is -2.51. The third-order valence-electron chi connectivity index (χ3n) is 10.2. The molecule has 12 heteroatoms. The zero-order valence-corrected chi connectivity index (χ0v) is 28.8. The molecule has 1 aliphatic carbocycles. The number of anilines is 2. The maximum Gasteiger partial charge on any atom is 0.350 e. The predicted octanol–water partition coefficient (Wildman–Crippen LogP) is 4.94. The maximum absolute atomic E-state index is 13.0. The first-order valence-corrected chi connectivity index (χ1v) is 17.3. The van der Waals surface area contributed by atoms with Crippen molar-refractivity contribution in [1.82, 2.24) is 29.3 Å². The smallest absolute Gasteiger partial charge is 0.350 e. The van der Waals surface area contributed by atoms with E-state index in [-0.39, 0.29) is 23.3 Å². The molecular weight excluding hydrogens is 620 g/mol. The normalized spacial score (nSPS) is 24.4. The molecule has 2 unspecified atom stereocenters. The van der Waals surface area contributed by atoms with Gasteiger partial charge in [0, 0.05) is 49.0 Å². The maximum atomic E-state index is 13.0. The number of piperazine rings is 1. The van der Waals surface area contributed by atoms with E-state index in [1.54, 1.807) is 21.8 Å². The molecule has 4 atom stereocenters. The molecule has 2 aliphatic heterocycles. The van der Waals surface area contributed by atoms with E-state index in [1.165, 1.54) is 10.4 Å². The highest BCUT2D eigenvalue weighted by molar-refractivity contribution is 5.54. The van der Waals surface area contributed by atoms with Crippen LogP contribution in [0.5, 0.6) is 5.75 Å². The second kappa shape index (κ2) is 13.7. The van der Waals surface area contributed by atoms with E-state index in [4.69, 9.17) is 14.2 Å². The zero-order valence-electron chi connectivity index (χ0n) is 28.8. The molecule has 12 nitrogen and oxygen atoms in total. The van der Waals surface area contributed by atoms with Crippen molar-refractivity contribution in [2.24, 2.45) is 5.41 Å². The Labute approximate surface area is 287 Å². The molecule has 258 valence electrons. The lowest BCUT2D eigenvalue weighted by molar-refractivity contribution is -0.239. The van der Waals surface area contributed by atoms with Gasteiger partial charge in [0.15, 0.2) is 5.79 Å². The van der Waals surface area contributed by atoms with Crippen LogP contribution in [0.3, 0.4) is 0 Å². The van der Waals surface area contributed by atoms with Crippen molar-refractivity contribution < 1.29 is 14.2 Å². The highest BCUT2D eigenvalue weighted by Crippen LogP contribution is 2.46. The molecular formula is C37H46N8O4. The van der Waals surface area contributed by atoms with Gasteiger partial charge in [-0.2, -0.15) is 24.8 Å². The number of benzene rings is 2. The number of aryl methyl sites for hydroxylation is 1. The molecule has 2 aromatic heterocycles. The van der Waals surface area contributed by atoms with Gasteiger partial charge in [0.25, 0.3) is 0 Å². The highest BCUT2D eigenvalue weighted by atomic mass is 16.8. The van der Waals surface area contributed by atoms with Crippen molar-refractivity contribution in [2.45, 2.75) is 65.0 Å². The Balaban J connectivity index is 0.921. The summed E-state index contributed by atoms with van der Waals surface area (Å²) in [6, 6.07) is 16.6. The van der Waals surface area contributed by atoms with Crippen LogP contribution in [0.1, 0.15) is 45.5 Å². The summed E-state index contributed by atoms with van der Waals surface area (Å²) in [6.07, 6.45) is 13.2. The van der Waals surface area contributed by atoms with Crippen molar-refractivity contribution in [3.63, 3.8) is 0 Å². The van der Waals surface area contributed by atoms with Gasteiger partial charge in [-0.25, -0.2) is 4.79 Å². The first-order chi connectivity index (χ1) is 23.8. The lowest BCUT2D eigenvalue weighted by Gasteiger charge is -2.43. The van der Waals surface area contributed by atoms with Gasteiger partial charge < -0.3 is 24.0 Å². The molecule has 0 saturated carbocycles. The Bertz CT molecular complexity index is 1820. The third kappa shape index (κ3) is 6.54. The lowest BCUT2D eigenvalue weighted by atomic mass is 9.75. The summed E-state index contributed by atoms with van der Waals surface area (Å²) in [5, 5.41) is 13.2. The second-order valence-electron chi connectivity index (χ2n) is 13.4. The van der Waals surface area contributed by atoms with E-state index in [0.717, 1.165) is 62.0 Å². The van der Waals surface area contributed by atoms with Gasteiger partial charge in [-0.1, -0.05) is 38.2 Å². The van der Waals surface area contributed by atoms with Crippen LogP contribution in [-0.4, -0.2) is 80.6 Å². The highest BCUT2D eigenvalue weighted by Gasteiger charge is 2.55. The van der Waals surface area contributed by atoms with E-state index in [0.29, 0.717) is 19.8 Å². The van der Waals surface area contributed by atoms with Gasteiger partial charge in [-0.3, -0.25) is 4.57 Å². The zero-order chi connectivity index (χ0) is 34.0. The Morgan fingerprint density at radius 3 is 2.18 bits per heavy atom. The van der Waals surface area contributed by atoms with Crippen molar-refractivity contribution in [1.29, 1.82) is 0 Å². The van der Waals surface area contributed by atoms with Crippen LogP contribution in [0.15, 0.2) is 90.0 Å². The summed E-state index contributed by atoms with van der Waals surface area (Å²) in [6.45, 7) is 13.0. The molecule has 4 aromatic rings. The average Bonchev–Trinajstić information content (AvgIpc) is 3.88. The summed E-state index contributed by atoms with van der Waals surface area (Å²) in [5.41, 5.74) is 2.64. The number of rotatable bonds is 11. The Hall–Kier alpha value is -4.68. The van der Waals surface area contributed by atoms with Crippen molar-refractivity contribution >= 4 is 11.4 Å². The van der Waals surface area contributed by atoms with Gasteiger partial charge in [-0.05, 0) is 75.2 Å². The summed E-state index contributed by atoms with van der Waals surface area (Å²) in [5.74, 6) is 0.635. The molecule has 4 heterocycles. The fourth-order valence-electron chi connectivity index (χ4n) is 7.04. The molecule has 0 N–H and O–H groups in total. The second-order valence-corrected chi connectivity index (χ2v) is 13.4. The molecule has 0 amide bonds. The summed E-state index contributed by atoms with van der Waals surface area (Å²) in [7, 11) is 0. The quantitative estimate of drug-likeness (QED) is 0.220. The molecule has 0 bridgehead atoms. The molecule has 0 spiro atoms. The standard InChI is InChI=1S/C37H46N8O4/c1-5-28(2)44-29(3)40-45(35(44)46)32-11-9-30(10-12-32)41-21-23-42(24-22-41)31-13-15-33(16-14-31)47-25-34-26-48-37(49-34,27-43-38-19-20-39-43)36(4)17-7-6-8-18-36/h6-17,19-20,28,34H,5,18,21-27H2,1-4H3/t28?,34-,36?,37-/m1/s1. The van der Waals surface area contributed by atoms with Gasteiger partial charge in [0.1, 0.15) is 30.8 Å². The van der Waals surface area contributed by atoms with Crippen LogP contribution in [-0.2, 0) is 16.0 Å². The molecule has 49 heavy (non-hydrogen) atoms. The van der Waals surface area contributed by atoms with E-state index in [1.807, 2.05) is 44.2 Å². The number of hydrogen-bond donors (Lipinski definition) is 0. The first kappa shape index (κ1) is 32.8. The predicted molar refractivity (Wildman–Crippen MR) is 189 cm³/mol. The van der Waals surface area contributed by atoms with Crippen LogP contribution >= 0.6 is 0 Å². The number of nitrogens with zero attached hydrogens (tertiary/aromatic N) is 8. The minimum Gasteiger partial charge on any atom is -0.491 e. The number of ether oxygens (including phenoxy) is 3.